The third-order valence-electron chi connectivity index (χ3n) is 8.18. The molecule has 2 aromatic rings. The van der Waals surface area contributed by atoms with E-state index >= 15 is 0 Å². The average molecular weight is 692 g/mol. The smallest absolute Gasteiger partial charge is 0.295 e. The maximum absolute atomic E-state index is 13.3. The molecule has 3 N–H and O–H groups in total. The Morgan fingerprint density at radius 2 is 1.78 bits per heavy atom. The van der Waals surface area contributed by atoms with Gasteiger partial charge in [-0.3, -0.25) is 19.7 Å². The molecule has 2 fully saturated rings. The molecular weight excluding hydrogens is 655 g/mol. The van der Waals surface area contributed by atoms with Crippen LogP contribution in [0.4, 0.5) is 10.5 Å². The molecule has 2 aliphatic heterocycles. The summed E-state index contributed by atoms with van der Waals surface area (Å²) in [5.41, 5.74) is 3.76. The van der Waals surface area contributed by atoms with Gasteiger partial charge in [-0.1, -0.05) is 6.07 Å². The number of amides is 5. The number of carbonyl (C=O) groups excluding carboxylic acids is 4. The second kappa shape index (κ2) is 14.0. The van der Waals surface area contributed by atoms with Gasteiger partial charge in [0, 0.05) is 13.0 Å². The summed E-state index contributed by atoms with van der Waals surface area (Å²) in [6.07, 6.45) is 10.2. The van der Waals surface area contributed by atoms with Gasteiger partial charge in [-0.2, -0.15) is 0 Å². The number of piperidine rings is 1. The van der Waals surface area contributed by atoms with Crippen molar-refractivity contribution in [2.75, 3.05) is 9.74 Å². The molecule has 3 aliphatic rings. The fourth-order valence-corrected chi connectivity index (χ4v) is 9.72. The van der Waals surface area contributed by atoms with Crippen LogP contribution in [0.1, 0.15) is 84.8 Å². The Morgan fingerprint density at radius 3 is 2.54 bits per heavy atom. The van der Waals surface area contributed by atoms with E-state index < -0.39 is 18.0 Å². The predicted molar refractivity (Wildman–Crippen MR) is 154 cm³/mol. The monoisotopic (exact) mass is 691 g/mol. The number of hydrogen-bond donors (Lipinski definition) is 3. The number of alkyl halides is 2. The molecule has 1 aliphatic carbocycles. The van der Waals surface area contributed by atoms with Crippen LogP contribution in [0.5, 0.6) is 0 Å². The van der Waals surface area contributed by atoms with Gasteiger partial charge in [0.2, 0.25) is 11.8 Å². The molecule has 1 saturated heterocycles. The molecule has 10 heteroatoms. The van der Waals surface area contributed by atoms with Gasteiger partial charge in [0.15, 0.2) is 0 Å². The zero-order valence-corrected chi connectivity index (χ0v) is 26.1. The average Bonchev–Trinajstić information content (AvgIpc) is 3.26. The van der Waals surface area contributed by atoms with E-state index in [0.29, 0.717) is 34.8 Å². The fraction of sp³-hybridized carbons (Fsp3) is 0.484. The summed E-state index contributed by atoms with van der Waals surface area (Å²) in [5.74, 6) is -0.132. The van der Waals surface area contributed by atoms with Crippen LogP contribution in [0.3, 0.4) is 0 Å². The zero-order chi connectivity index (χ0) is 28.8. The quantitative estimate of drug-likeness (QED) is 0.225. The Balaban J connectivity index is 1.12. The molecule has 1 saturated carbocycles. The molecule has 0 aromatic heterocycles. The van der Waals surface area contributed by atoms with Crippen LogP contribution in [0, 0.1) is 5.92 Å². The van der Waals surface area contributed by atoms with Crippen molar-refractivity contribution in [1.29, 1.82) is 0 Å². The molecule has 0 bridgehead atoms. The predicted octanol–water partition coefficient (Wildman–Crippen LogP) is 2.37. The summed E-state index contributed by atoms with van der Waals surface area (Å²) >= 11 is 6.64. The molecule has 1 unspecified atom stereocenters. The van der Waals surface area contributed by atoms with E-state index in [4.69, 9.17) is 11.6 Å². The Bertz CT molecular complexity index is 1310. The summed E-state index contributed by atoms with van der Waals surface area (Å²) in [5, 5.41) is 8.68. The first-order valence-corrected chi connectivity index (χ1v) is 17.9. The van der Waals surface area contributed by atoms with E-state index in [9.17, 15) is 19.2 Å². The number of carbonyl (C=O) groups is 4. The van der Waals surface area contributed by atoms with E-state index in [1.807, 2.05) is 24.3 Å². The van der Waals surface area contributed by atoms with Crippen molar-refractivity contribution in [3.05, 3.63) is 63.7 Å². The van der Waals surface area contributed by atoms with E-state index in [-0.39, 0.29) is 46.0 Å². The number of halogens is 2. The first kappa shape index (κ1) is 29.8. The molecule has 2 heterocycles. The van der Waals surface area contributed by atoms with Gasteiger partial charge in [-0.05, 0) is 6.42 Å². The Morgan fingerprint density at radius 1 is 1.00 bits per heavy atom. The molecule has 0 spiro atoms. The van der Waals surface area contributed by atoms with Crippen LogP contribution in [0.2, 0.25) is 5.02 Å². The van der Waals surface area contributed by atoms with Crippen LogP contribution in [0.25, 0.3) is 0 Å². The fourth-order valence-electron chi connectivity index (χ4n) is 5.93. The van der Waals surface area contributed by atoms with Gasteiger partial charge in [0.25, 0.3) is 0 Å². The van der Waals surface area contributed by atoms with Crippen LogP contribution in [0.15, 0.2) is 36.4 Å². The SMILES string of the molecule is O=C1CCC(N2Cc3cccc(CNC(=O)Nc4ccc(C[I-]CC5CCCCCCC5)c(Cl)c4)c3C2=O)C(=O)N1. The summed E-state index contributed by atoms with van der Waals surface area (Å²) in [4.78, 5) is 51.4. The first-order chi connectivity index (χ1) is 19.9. The number of benzene rings is 2. The number of fused-ring (bicyclic) bond motifs is 1. The third-order valence-corrected chi connectivity index (χ3v) is 11.8. The van der Waals surface area contributed by atoms with Crippen molar-refractivity contribution in [2.45, 2.75) is 81.3 Å². The van der Waals surface area contributed by atoms with Crippen molar-refractivity contribution in [3.8, 4) is 0 Å². The summed E-state index contributed by atoms with van der Waals surface area (Å²) in [7, 11) is 0. The van der Waals surface area contributed by atoms with Crippen molar-refractivity contribution in [3.63, 3.8) is 0 Å². The van der Waals surface area contributed by atoms with Crippen LogP contribution in [-0.2, 0) is 27.1 Å². The van der Waals surface area contributed by atoms with Crippen molar-refractivity contribution < 1.29 is 40.4 Å². The standard InChI is InChI=1S/C31H37ClIN4O4/c32-25-15-24(12-11-21(25)17-33-16-20-7-4-2-1-3-5-8-20)35-31(41)34-18-22-9-6-10-23-19-37(30(40)28(22)23)26-13-14-27(38)36-29(26)39/h6,9-12,15,20,26H,1-5,7-8,13-14,16-19H2,(H2,34,35,41)(H,36,38,39)/q-1. The third kappa shape index (κ3) is 7.60. The minimum absolute atomic E-state index is 0.0521. The molecule has 1 atom stereocenters. The van der Waals surface area contributed by atoms with E-state index in [0.717, 1.165) is 21.5 Å². The number of imide groups is 1. The minimum atomic E-state index is -0.673. The van der Waals surface area contributed by atoms with Crippen molar-refractivity contribution >= 4 is 41.0 Å². The number of urea groups is 1. The topological polar surface area (TPSA) is 108 Å². The number of anilines is 1. The van der Waals surface area contributed by atoms with Crippen molar-refractivity contribution in [2.24, 2.45) is 5.92 Å². The molecular formula is C31H37ClIN4O4-. The number of hydrogen-bond acceptors (Lipinski definition) is 4. The summed E-state index contributed by atoms with van der Waals surface area (Å²) in [6.45, 7) is 0.454. The van der Waals surface area contributed by atoms with Gasteiger partial charge >= 0.3 is 190 Å². The van der Waals surface area contributed by atoms with Gasteiger partial charge in [-0.15, -0.1) is 0 Å². The van der Waals surface area contributed by atoms with Crippen LogP contribution in [-0.4, -0.2) is 39.1 Å². The maximum atomic E-state index is 13.3. The number of nitrogens with one attached hydrogen (secondary N) is 3. The van der Waals surface area contributed by atoms with E-state index in [1.165, 1.54) is 54.3 Å². The van der Waals surface area contributed by atoms with E-state index in [2.05, 4.69) is 16.0 Å². The molecule has 0 radical (unpaired) electrons. The molecule has 220 valence electrons. The summed E-state index contributed by atoms with van der Waals surface area (Å²) < 4.78 is 2.40. The van der Waals surface area contributed by atoms with Crippen LogP contribution < -0.4 is 37.2 Å². The second-order valence-electron chi connectivity index (χ2n) is 11.2. The zero-order valence-electron chi connectivity index (χ0n) is 23.1. The van der Waals surface area contributed by atoms with Crippen LogP contribution >= 0.6 is 11.6 Å². The summed E-state index contributed by atoms with van der Waals surface area (Å²) in [6, 6.07) is 10.1. The molecule has 41 heavy (non-hydrogen) atoms. The van der Waals surface area contributed by atoms with E-state index in [1.54, 1.807) is 12.1 Å². The molecule has 5 rings (SSSR count). The Kier molecular flexibility index (Phi) is 10.2. The normalized spacial score (nSPS) is 19.9. The number of nitrogens with zero attached hydrogens (tertiary/aromatic N) is 1. The van der Waals surface area contributed by atoms with Crippen molar-refractivity contribution in [1.82, 2.24) is 15.5 Å². The first-order valence-electron chi connectivity index (χ1n) is 14.5. The molecule has 2 aromatic carbocycles. The molecule has 8 nitrogen and oxygen atoms in total. The minimum Gasteiger partial charge on any atom is -0.295 e. The second-order valence-corrected chi connectivity index (χ2v) is 14.3. The van der Waals surface area contributed by atoms with Gasteiger partial charge < -0.3 is 4.90 Å². The van der Waals surface area contributed by atoms with Gasteiger partial charge in [0.05, 0.1) is 0 Å². The molecule has 5 amide bonds. The Labute approximate surface area is 256 Å². The number of rotatable bonds is 8. The Hall–Kier alpha value is -2.66. The van der Waals surface area contributed by atoms with Gasteiger partial charge in [0.1, 0.15) is 6.04 Å². The van der Waals surface area contributed by atoms with Gasteiger partial charge in [-0.25, -0.2) is 0 Å².